The van der Waals surface area contributed by atoms with E-state index in [1.165, 1.54) is 43.7 Å². The Morgan fingerprint density at radius 2 is 1.93 bits per heavy atom. The summed E-state index contributed by atoms with van der Waals surface area (Å²) >= 11 is 1.39. The number of rotatable bonds is 5. The minimum atomic E-state index is -3.33. The molecule has 1 saturated heterocycles. The molecule has 2 aliphatic rings. The molecule has 0 bridgehead atoms. The quantitative estimate of drug-likeness (QED) is 0.777. The van der Waals surface area contributed by atoms with Gasteiger partial charge in [0.25, 0.3) is 5.91 Å². The van der Waals surface area contributed by atoms with Crippen LogP contribution in [0.5, 0.6) is 0 Å². The smallest absolute Gasteiger partial charge is 0.261 e. The molecule has 5 nitrogen and oxygen atoms in total. The highest BCUT2D eigenvalue weighted by Crippen LogP contribution is 2.42. The second-order valence-electron chi connectivity index (χ2n) is 7.23. The van der Waals surface area contributed by atoms with E-state index in [-0.39, 0.29) is 11.7 Å². The molecule has 7 heteroatoms. The highest BCUT2D eigenvalue weighted by atomic mass is 32.2. The summed E-state index contributed by atoms with van der Waals surface area (Å²) in [6.45, 7) is 4.00. The summed E-state index contributed by atoms with van der Waals surface area (Å²) in [5.41, 5.74) is 1.45. The van der Waals surface area contributed by atoms with E-state index in [0.717, 1.165) is 23.4 Å². The number of hydrogen-bond acceptors (Lipinski definition) is 5. The molecular formula is C20H24N2O3S2. The molecule has 0 aliphatic carbocycles. The second kappa shape index (κ2) is 7.73. The maximum Gasteiger partial charge on any atom is 0.261 e. The molecule has 0 unspecified atom stereocenters. The summed E-state index contributed by atoms with van der Waals surface area (Å²) in [5, 5.41) is 2.99. The van der Waals surface area contributed by atoms with Gasteiger partial charge in [0.2, 0.25) is 0 Å². The Kier molecular flexibility index (Phi) is 5.34. The Bertz CT molecular complexity index is 944. The minimum absolute atomic E-state index is 0.0297. The van der Waals surface area contributed by atoms with E-state index in [9.17, 15) is 13.2 Å². The van der Waals surface area contributed by atoms with Crippen molar-refractivity contribution in [2.75, 3.05) is 26.2 Å². The zero-order valence-corrected chi connectivity index (χ0v) is 16.9. The van der Waals surface area contributed by atoms with Crippen molar-refractivity contribution < 1.29 is 13.2 Å². The van der Waals surface area contributed by atoms with Crippen LogP contribution in [0.15, 0.2) is 35.2 Å². The molecule has 1 amide bonds. The molecule has 27 heavy (non-hydrogen) atoms. The van der Waals surface area contributed by atoms with Gasteiger partial charge in [-0.15, -0.1) is 11.3 Å². The number of carbonyl (C=O) groups excluding carboxylic acids is 1. The first-order chi connectivity index (χ1) is 13.0. The van der Waals surface area contributed by atoms with Crippen LogP contribution in [-0.4, -0.2) is 45.4 Å². The summed E-state index contributed by atoms with van der Waals surface area (Å²) in [6.07, 6.45) is 4.82. The number of sulfone groups is 1. The van der Waals surface area contributed by atoms with Crippen molar-refractivity contribution in [1.82, 2.24) is 10.2 Å². The Hall–Kier alpha value is -1.70. The average Bonchev–Trinajstić information content (AvgIpc) is 3.09. The average molecular weight is 405 g/mol. The van der Waals surface area contributed by atoms with Gasteiger partial charge in [-0.05, 0) is 56.6 Å². The number of amides is 1. The molecule has 2 aliphatic heterocycles. The predicted molar refractivity (Wildman–Crippen MR) is 108 cm³/mol. The monoisotopic (exact) mass is 404 g/mol. The van der Waals surface area contributed by atoms with Crippen LogP contribution in [0.25, 0.3) is 10.4 Å². The molecule has 1 N–H and O–H groups in total. The van der Waals surface area contributed by atoms with Crippen LogP contribution in [0.4, 0.5) is 0 Å². The zero-order chi connectivity index (χ0) is 18.9. The molecule has 3 heterocycles. The summed E-state index contributed by atoms with van der Waals surface area (Å²) < 4.78 is 25.0. The number of thiophene rings is 1. The summed E-state index contributed by atoms with van der Waals surface area (Å²) in [4.78, 5) is 16.8. The van der Waals surface area contributed by atoms with Gasteiger partial charge in [-0.1, -0.05) is 24.6 Å². The van der Waals surface area contributed by atoms with E-state index in [4.69, 9.17) is 0 Å². The van der Waals surface area contributed by atoms with Gasteiger partial charge in [-0.25, -0.2) is 8.42 Å². The Balaban J connectivity index is 1.41. The highest BCUT2D eigenvalue weighted by molar-refractivity contribution is 7.91. The van der Waals surface area contributed by atoms with Crippen molar-refractivity contribution in [2.24, 2.45) is 0 Å². The number of nitrogens with one attached hydrogen (secondary N) is 1. The Morgan fingerprint density at radius 3 is 2.74 bits per heavy atom. The SMILES string of the molecule is O=C(NCCCN1CCCCC1)c1cc2c(s1)-c1ccccc1S(=O)(=O)C2. The van der Waals surface area contributed by atoms with Gasteiger partial charge in [0.1, 0.15) is 0 Å². The molecule has 4 rings (SSSR count). The van der Waals surface area contributed by atoms with Gasteiger partial charge in [0, 0.05) is 17.0 Å². The molecule has 0 atom stereocenters. The van der Waals surface area contributed by atoms with E-state index in [0.29, 0.717) is 21.9 Å². The normalized spacial score (nSPS) is 18.5. The van der Waals surface area contributed by atoms with Crippen LogP contribution >= 0.6 is 11.3 Å². The van der Waals surface area contributed by atoms with E-state index in [2.05, 4.69) is 10.2 Å². The standard InChI is InChI=1S/C20H24N2O3S2/c23-20(21-9-6-12-22-10-4-1-5-11-22)17-13-15-14-27(24,25)18-8-3-2-7-16(18)19(15)26-17/h2-3,7-8,13H,1,4-6,9-12,14H2,(H,21,23). The minimum Gasteiger partial charge on any atom is -0.351 e. The third-order valence-corrected chi connectivity index (χ3v) is 8.16. The largest absolute Gasteiger partial charge is 0.351 e. The molecule has 2 aromatic rings. The van der Waals surface area contributed by atoms with Crippen LogP contribution in [0, 0.1) is 0 Å². The molecular weight excluding hydrogens is 380 g/mol. The number of carbonyl (C=O) groups is 1. The van der Waals surface area contributed by atoms with Crippen molar-refractivity contribution in [1.29, 1.82) is 0 Å². The molecule has 0 spiro atoms. The number of fused-ring (bicyclic) bond motifs is 3. The molecule has 0 radical (unpaired) electrons. The maximum atomic E-state index is 12.5. The molecule has 1 aromatic carbocycles. The first-order valence-corrected chi connectivity index (χ1v) is 12.0. The fourth-order valence-electron chi connectivity index (χ4n) is 3.86. The van der Waals surface area contributed by atoms with Crippen molar-refractivity contribution in [3.63, 3.8) is 0 Å². The van der Waals surface area contributed by atoms with Crippen molar-refractivity contribution in [3.05, 3.63) is 40.8 Å². The Morgan fingerprint density at radius 1 is 1.15 bits per heavy atom. The lowest BCUT2D eigenvalue weighted by Gasteiger charge is -2.26. The lowest BCUT2D eigenvalue weighted by molar-refractivity contribution is 0.0955. The van der Waals surface area contributed by atoms with Crippen LogP contribution < -0.4 is 5.32 Å². The lowest BCUT2D eigenvalue weighted by atomic mass is 10.1. The van der Waals surface area contributed by atoms with E-state index in [1.807, 2.05) is 12.1 Å². The lowest BCUT2D eigenvalue weighted by Crippen LogP contribution is -2.33. The highest BCUT2D eigenvalue weighted by Gasteiger charge is 2.30. The predicted octanol–water partition coefficient (Wildman–Crippen LogP) is 3.31. The number of piperidine rings is 1. The fourth-order valence-corrected chi connectivity index (χ4v) is 6.73. The van der Waals surface area contributed by atoms with Gasteiger partial charge >= 0.3 is 0 Å². The van der Waals surface area contributed by atoms with Crippen LogP contribution in [-0.2, 0) is 15.6 Å². The van der Waals surface area contributed by atoms with Gasteiger partial charge < -0.3 is 10.2 Å². The van der Waals surface area contributed by atoms with Gasteiger partial charge in [0.15, 0.2) is 9.84 Å². The first kappa shape index (κ1) is 18.7. The fraction of sp³-hybridized carbons (Fsp3) is 0.450. The zero-order valence-electron chi connectivity index (χ0n) is 15.2. The molecule has 1 aromatic heterocycles. The maximum absolute atomic E-state index is 12.5. The molecule has 1 fully saturated rings. The van der Waals surface area contributed by atoms with E-state index in [1.54, 1.807) is 18.2 Å². The molecule has 0 saturated carbocycles. The number of hydrogen-bond donors (Lipinski definition) is 1. The number of nitrogens with zero attached hydrogens (tertiary/aromatic N) is 1. The van der Waals surface area contributed by atoms with Crippen LogP contribution in [0.3, 0.4) is 0 Å². The summed E-state index contributed by atoms with van der Waals surface area (Å²) in [7, 11) is -3.33. The van der Waals surface area contributed by atoms with Crippen molar-refractivity contribution in [2.45, 2.75) is 36.3 Å². The Labute approximate surface area is 164 Å². The van der Waals surface area contributed by atoms with Crippen molar-refractivity contribution in [3.8, 4) is 10.4 Å². The van der Waals surface area contributed by atoms with Crippen molar-refractivity contribution >= 4 is 27.1 Å². The van der Waals surface area contributed by atoms with E-state index < -0.39 is 9.84 Å². The second-order valence-corrected chi connectivity index (χ2v) is 10.2. The van der Waals surface area contributed by atoms with E-state index >= 15 is 0 Å². The van der Waals surface area contributed by atoms with Gasteiger partial charge in [0.05, 0.1) is 15.5 Å². The van der Waals surface area contributed by atoms with Gasteiger partial charge in [-0.3, -0.25) is 4.79 Å². The van der Waals surface area contributed by atoms with Crippen LogP contribution in [0.1, 0.15) is 40.9 Å². The summed E-state index contributed by atoms with van der Waals surface area (Å²) in [6, 6.07) is 8.79. The summed E-state index contributed by atoms with van der Waals surface area (Å²) in [5.74, 6) is -0.138. The third-order valence-electron chi connectivity index (χ3n) is 5.23. The third kappa shape index (κ3) is 3.95. The molecule has 144 valence electrons. The van der Waals surface area contributed by atoms with Crippen LogP contribution in [0.2, 0.25) is 0 Å². The number of likely N-dealkylation sites (tertiary alicyclic amines) is 1. The first-order valence-electron chi connectivity index (χ1n) is 9.50. The number of benzene rings is 1. The topological polar surface area (TPSA) is 66.5 Å². The van der Waals surface area contributed by atoms with Gasteiger partial charge in [-0.2, -0.15) is 0 Å².